The van der Waals surface area contributed by atoms with Crippen molar-refractivity contribution in [3.8, 4) is 0 Å². The highest BCUT2D eigenvalue weighted by Crippen LogP contribution is 2.39. The first-order valence-electron chi connectivity index (χ1n) is 8.97. The van der Waals surface area contributed by atoms with Crippen LogP contribution in [0.4, 0.5) is 10.8 Å². The summed E-state index contributed by atoms with van der Waals surface area (Å²) in [4.78, 5) is 47.9. The summed E-state index contributed by atoms with van der Waals surface area (Å²) < 4.78 is 0. The van der Waals surface area contributed by atoms with Crippen LogP contribution in [0.5, 0.6) is 0 Å². The molecule has 0 bridgehead atoms. The second-order valence-corrected chi connectivity index (χ2v) is 8.30. The molecule has 2 aromatic heterocycles. The van der Waals surface area contributed by atoms with Gasteiger partial charge in [-0.25, -0.2) is 4.98 Å². The normalized spacial score (nSPS) is 16.2. The van der Waals surface area contributed by atoms with Gasteiger partial charge in [0.25, 0.3) is 11.8 Å². The van der Waals surface area contributed by atoms with E-state index in [-0.39, 0.29) is 24.3 Å². The molecule has 9 heteroatoms. The first kappa shape index (κ1) is 18.4. The van der Waals surface area contributed by atoms with Crippen LogP contribution in [0, 0.1) is 0 Å². The maximum Gasteiger partial charge on any atom is 0.257 e. The number of fused-ring (bicyclic) bond motifs is 3. The number of rotatable bonds is 2. The lowest BCUT2D eigenvalue weighted by atomic mass is 10.0. The van der Waals surface area contributed by atoms with Crippen molar-refractivity contribution in [3.63, 3.8) is 0 Å². The Balaban J connectivity index is 1.59. The molecule has 8 nitrogen and oxygen atoms in total. The summed E-state index contributed by atoms with van der Waals surface area (Å²) in [6.45, 7) is 0.999. The highest BCUT2D eigenvalue weighted by molar-refractivity contribution is 7.17. The molecule has 0 radical (unpaired) electrons. The molecule has 4 rings (SSSR count). The zero-order valence-electron chi connectivity index (χ0n) is 16.0. The molecule has 4 heterocycles. The van der Waals surface area contributed by atoms with Crippen molar-refractivity contribution in [2.24, 2.45) is 0 Å². The summed E-state index contributed by atoms with van der Waals surface area (Å²) in [5, 5.41) is 3.43. The van der Waals surface area contributed by atoms with Crippen LogP contribution in [-0.2, 0) is 17.8 Å². The van der Waals surface area contributed by atoms with E-state index in [4.69, 9.17) is 0 Å². The van der Waals surface area contributed by atoms with Crippen molar-refractivity contribution in [2.75, 3.05) is 44.4 Å². The van der Waals surface area contributed by atoms with E-state index in [9.17, 15) is 14.4 Å². The summed E-state index contributed by atoms with van der Waals surface area (Å²) in [6, 6.07) is 3.60. The van der Waals surface area contributed by atoms with E-state index in [2.05, 4.69) is 10.3 Å². The zero-order valence-corrected chi connectivity index (χ0v) is 16.8. The highest BCUT2D eigenvalue weighted by Gasteiger charge is 2.34. The summed E-state index contributed by atoms with van der Waals surface area (Å²) in [5.74, 6) is 0.361. The first-order valence-corrected chi connectivity index (χ1v) is 9.79. The summed E-state index contributed by atoms with van der Waals surface area (Å²) in [6.07, 6.45) is 2.18. The lowest BCUT2D eigenvalue weighted by Crippen LogP contribution is -2.36. The summed E-state index contributed by atoms with van der Waals surface area (Å²) in [5.41, 5.74) is 2.07. The van der Waals surface area contributed by atoms with Crippen molar-refractivity contribution in [1.82, 2.24) is 14.8 Å². The minimum atomic E-state index is -0.201. The van der Waals surface area contributed by atoms with Crippen LogP contribution < -0.4 is 10.2 Å². The lowest BCUT2D eigenvalue weighted by molar-refractivity contribution is -0.116. The molecule has 0 saturated carbocycles. The molecule has 0 aliphatic carbocycles. The van der Waals surface area contributed by atoms with E-state index >= 15 is 0 Å². The fourth-order valence-electron chi connectivity index (χ4n) is 3.50. The van der Waals surface area contributed by atoms with Gasteiger partial charge in [0.2, 0.25) is 5.91 Å². The predicted octanol–water partition coefficient (Wildman–Crippen LogP) is 1.43. The molecule has 0 fully saturated rings. The monoisotopic (exact) mass is 399 g/mol. The molecular weight excluding hydrogens is 378 g/mol. The molecule has 0 unspecified atom stereocenters. The fraction of sp³-hybridized carbons (Fsp3) is 0.368. The van der Waals surface area contributed by atoms with Gasteiger partial charge in [0.1, 0.15) is 10.8 Å². The van der Waals surface area contributed by atoms with E-state index < -0.39 is 0 Å². The minimum absolute atomic E-state index is 0.0512. The molecule has 28 heavy (non-hydrogen) atoms. The topological polar surface area (TPSA) is 85.8 Å². The quantitative estimate of drug-likeness (QED) is 0.826. The molecule has 0 saturated heterocycles. The van der Waals surface area contributed by atoms with E-state index in [0.717, 1.165) is 16.3 Å². The van der Waals surface area contributed by atoms with Gasteiger partial charge >= 0.3 is 0 Å². The second kappa shape index (κ2) is 6.90. The highest BCUT2D eigenvalue weighted by atomic mass is 32.1. The van der Waals surface area contributed by atoms with E-state index in [1.807, 2.05) is 25.1 Å². The SMILES string of the molecule is CN1CC(=O)Nc2sc3c(c2C1=O)CCN(C(=O)c1ccc(N(C)C)nc1)C3. The number of hydrogen-bond donors (Lipinski definition) is 1. The van der Waals surface area contributed by atoms with Crippen LogP contribution in [-0.4, -0.2) is 66.7 Å². The Morgan fingerprint density at radius 3 is 2.71 bits per heavy atom. The molecule has 3 amide bonds. The van der Waals surface area contributed by atoms with Gasteiger partial charge in [0, 0.05) is 38.8 Å². The van der Waals surface area contributed by atoms with Gasteiger partial charge < -0.3 is 20.0 Å². The molecule has 0 aromatic carbocycles. The maximum absolute atomic E-state index is 12.9. The Labute approximate surface area is 166 Å². The van der Waals surface area contributed by atoms with E-state index in [0.29, 0.717) is 35.6 Å². The molecule has 0 spiro atoms. The number of carbonyl (C=O) groups excluding carboxylic acids is 3. The Bertz CT molecular complexity index is 967. The zero-order chi connectivity index (χ0) is 20.0. The molecular formula is C19H21N5O3S. The van der Waals surface area contributed by atoms with Gasteiger partial charge in [-0.1, -0.05) is 0 Å². The van der Waals surface area contributed by atoms with Crippen molar-refractivity contribution in [3.05, 3.63) is 39.9 Å². The molecule has 146 valence electrons. The third kappa shape index (κ3) is 3.11. The number of aromatic nitrogens is 1. The minimum Gasteiger partial charge on any atom is -0.363 e. The van der Waals surface area contributed by atoms with Crippen molar-refractivity contribution < 1.29 is 14.4 Å². The third-order valence-electron chi connectivity index (χ3n) is 4.99. The second-order valence-electron chi connectivity index (χ2n) is 7.19. The smallest absolute Gasteiger partial charge is 0.257 e. The average Bonchev–Trinajstić information content (AvgIpc) is 2.98. The molecule has 2 aliphatic heterocycles. The number of carbonyl (C=O) groups is 3. The maximum atomic E-state index is 12.9. The van der Waals surface area contributed by atoms with Crippen LogP contribution in [0.25, 0.3) is 0 Å². The molecule has 0 atom stereocenters. The number of anilines is 2. The van der Waals surface area contributed by atoms with Gasteiger partial charge in [-0.2, -0.15) is 0 Å². The van der Waals surface area contributed by atoms with Crippen LogP contribution in [0.1, 0.15) is 31.2 Å². The summed E-state index contributed by atoms with van der Waals surface area (Å²) >= 11 is 1.39. The standard InChI is InChI=1S/C19H21N5O3S/c1-22(2)14-5-4-11(8-20-14)18(26)24-7-6-12-13(9-24)28-17-16(12)19(27)23(3)10-15(25)21-17/h4-5,8H,6-7,9-10H2,1-3H3,(H,21,25). The largest absolute Gasteiger partial charge is 0.363 e. The van der Waals surface area contributed by atoms with Gasteiger partial charge in [-0.15, -0.1) is 11.3 Å². The average molecular weight is 399 g/mol. The first-order chi connectivity index (χ1) is 13.3. The Kier molecular flexibility index (Phi) is 4.54. The fourth-order valence-corrected chi connectivity index (χ4v) is 4.77. The van der Waals surface area contributed by atoms with E-state index in [1.54, 1.807) is 24.2 Å². The number of nitrogens with zero attached hydrogens (tertiary/aromatic N) is 4. The molecule has 2 aromatic rings. The number of nitrogens with one attached hydrogen (secondary N) is 1. The van der Waals surface area contributed by atoms with Crippen LogP contribution in [0.2, 0.25) is 0 Å². The predicted molar refractivity (Wildman–Crippen MR) is 107 cm³/mol. The van der Waals surface area contributed by atoms with Crippen molar-refractivity contribution in [1.29, 1.82) is 0 Å². The Hall–Kier alpha value is -2.94. The third-order valence-corrected chi connectivity index (χ3v) is 6.12. The Morgan fingerprint density at radius 1 is 1.25 bits per heavy atom. The number of thiophene rings is 1. The van der Waals surface area contributed by atoms with Gasteiger partial charge in [-0.3, -0.25) is 14.4 Å². The number of pyridine rings is 1. The number of likely N-dealkylation sites (N-methyl/N-ethyl adjacent to an activating group) is 1. The van der Waals surface area contributed by atoms with Crippen LogP contribution in [0.15, 0.2) is 18.3 Å². The molecule has 1 N–H and O–H groups in total. The van der Waals surface area contributed by atoms with E-state index in [1.165, 1.54) is 16.2 Å². The van der Waals surface area contributed by atoms with Crippen LogP contribution in [0.3, 0.4) is 0 Å². The van der Waals surface area contributed by atoms with Gasteiger partial charge in [0.15, 0.2) is 0 Å². The summed E-state index contributed by atoms with van der Waals surface area (Å²) in [7, 11) is 5.42. The lowest BCUT2D eigenvalue weighted by Gasteiger charge is -2.27. The van der Waals surface area contributed by atoms with Crippen molar-refractivity contribution in [2.45, 2.75) is 13.0 Å². The van der Waals surface area contributed by atoms with Crippen LogP contribution >= 0.6 is 11.3 Å². The van der Waals surface area contributed by atoms with Gasteiger partial charge in [0.05, 0.1) is 24.2 Å². The van der Waals surface area contributed by atoms with Gasteiger partial charge in [-0.05, 0) is 24.1 Å². The number of amides is 3. The molecule has 2 aliphatic rings. The van der Waals surface area contributed by atoms with Crippen molar-refractivity contribution >= 4 is 39.9 Å². The number of hydrogen-bond acceptors (Lipinski definition) is 6. The Morgan fingerprint density at radius 2 is 2.04 bits per heavy atom.